The van der Waals surface area contributed by atoms with Gasteiger partial charge in [0.05, 0.1) is 33.3 Å². The summed E-state index contributed by atoms with van der Waals surface area (Å²) in [5, 5.41) is 12.9. The molecule has 2 aromatic heterocycles. The molecule has 0 aliphatic carbocycles. The third-order valence-corrected chi connectivity index (χ3v) is 3.73. The standard InChI is InChI=1S/C13H16BrClN6O/c1-3-21-13(11(14)7-17-21)9(2)18-19-12(22)4-5-20-8-10(15)6-16-20/h6-8H,3-5H2,1-2H3,(H,19,22). The molecule has 0 aliphatic heterocycles. The van der Waals surface area contributed by atoms with Gasteiger partial charge in [-0.05, 0) is 29.8 Å². The van der Waals surface area contributed by atoms with Crippen molar-refractivity contribution >= 4 is 39.1 Å². The van der Waals surface area contributed by atoms with Gasteiger partial charge in [-0.1, -0.05) is 11.6 Å². The summed E-state index contributed by atoms with van der Waals surface area (Å²) in [6, 6.07) is 0. The van der Waals surface area contributed by atoms with Gasteiger partial charge >= 0.3 is 0 Å². The van der Waals surface area contributed by atoms with Gasteiger partial charge in [-0.15, -0.1) is 0 Å². The van der Waals surface area contributed by atoms with Gasteiger partial charge in [0.15, 0.2) is 0 Å². The van der Waals surface area contributed by atoms with Crippen LogP contribution in [0.2, 0.25) is 5.02 Å². The molecule has 1 N–H and O–H groups in total. The predicted molar refractivity (Wildman–Crippen MR) is 87.8 cm³/mol. The molecule has 0 aromatic carbocycles. The minimum Gasteiger partial charge on any atom is -0.273 e. The van der Waals surface area contributed by atoms with Crippen LogP contribution in [0.1, 0.15) is 26.0 Å². The van der Waals surface area contributed by atoms with E-state index in [9.17, 15) is 4.79 Å². The van der Waals surface area contributed by atoms with Crippen molar-refractivity contribution in [3.63, 3.8) is 0 Å². The first kappa shape index (κ1) is 16.7. The maximum Gasteiger partial charge on any atom is 0.241 e. The van der Waals surface area contributed by atoms with Gasteiger partial charge in [-0.2, -0.15) is 15.3 Å². The van der Waals surface area contributed by atoms with E-state index in [1.54, 1.807) is 21.8 Å². The molecule has 0 bridgehead atoms. The number of hydrogen-bond donors (Lipinski definition) is 1. The Hall–Kier alpha value is -1.67. The van der Waals surface area contributed by atoms with E-state index < -0.39 is 0 Å². The summed E-state index contributed by atoms with van der Waals surface area (Å²) in [4.78, 5) is 11.8. The number of nitrogens with one attached hydrogen (secondary N) is 1. The molecule has 22 heavy (non-hydrogen) atoms. The number of aromatic nitrogens is 4. The molecule has 1 amide bonds. The van der Waals surface area contributed by atoms with Crippen LogP contribution in [0.3, 0.4) is 0 Å². The first-order chi connectivity index (χ1) is 10.5. The molecule has 2 rings (SSSR count). The first-order valence-corrected chi connectivity index (χ1v) is 7.91. The summed E-state index contributed by atoms with van der Waals surface area (Å²) in [6.07, 6.45) is 5.18. The minimum absolute atomic E-state index is 0.190. The molecule has 118 valence electrons. The van der Waals surface area contributed by atoms with Crippen LogP contribution in [0.5, 0.6) is 0 Å². The number of nitrogens with zero attached hydrogens (tertiary/aromatic N) is 5. The SMILES string of the molecule is CCn1ncc(Br)c1C(C)=NNC(=O)CCn1cc(Cl)cn1. The summed E-state index contributed by atoms with van der Waals surface area (Å²) in [5.74, 6) is -0.190. The largest absolute Gasteiger partial charge is 0.273 e. The Balaban J connectivity index is 1.92. The van der Waals surface area contributed by atoms with E-state index in [4.69, 9.17) is 11.6 Å². The second-order valence-corrected chi connectivity index (χ2v) is 5.85. The molecule has 0 spiro atoms. The lowest BCUT2D eigenvalue weighted by atomic mass is 10.3. The maximum atomic E-state index is 11.8. The second kappa shape index (κ2) is 7.55. The molecule has 9 heteroatoms. The van der Waals surface area contributed by atoms with E-state index in [1.807, 2.05) is 13.8 Å². The molecule has 0 aliphatic rings. The Morgan fingerprint density at radius 3 is 2.86 bits per heavy atom. The van der Waals surface area contributed by atoms with Crippen LogP contribution in [0.25, 0.3) is 0 Å². The molecule has 0 fully saturated rings. The average molecular weight is 388 g/mol. The number of aryl methyl sites for hydroxylation is 2. The van der Waals surface area contributed by atoms with Gasteiger partial charge in [0.1, 0.15) is 0 Å². The van der Waals surface area contributed by atoms with E-state index in [1.165, 1.54) is 6.20 Å². The summed E-state index contributed by atoms with van der Waals surface area (Å²) < 4.78 is 4.26. The second-order valence-electron chi connectivity index (χ2n) is 4.56. The topological polar surface area (TPSA) is 77.1 Å². The lowest BCUT2D eigenvalue weighted by Crippen LogP contribution is -2.21. The highest BCUT2D eigenvalue weighted by Crippen LogP contribution is 2.16. The van der Waals surface area contributed by atoms with E-state index in [0.717, 1.165) is 16.7 Å². The van der Waals surface area contributed by atoms with Gasteiger partial charge in [0.2, 0.25) is 5.91 Å². The molecular weight excluding hydrogens is 372 g/mol. The molecule has 2 heterocycles. The Bertz CT molecular complexity index is 693. The number of hydrogen-bond acceptors (Lipinski definition) is 4. The number of rotatable bonds is 6. The van der Waals surface area contributed by atoms with Crippen LogP contribution < -0.4 is 5.43 Å². The zero-order chi connectivity index (χ0) is 16.1. The summed E-state index contributed by atoms with van der Waals surface area (Å²) in [7, 11) is 0. The highest BCUT2D eigenvalue weighted by Gasteiger charge is 2.11. The number of halogens is 2. The van der Waals surface area contributed by atoms with Gasteiger partial charge < -0.3 is 0 Å². The Morgan fingerprint density at radius 2 is 2.23 bits per heavy atom. The number of hydrazone groups is 1. The lowest BCUT2D eigenvalue weighted by molar-refractivity contribution is -0.121. The van der Waals surface area contributed by atoms with Gasteiger partial charge in [-0.25, -0.2) is 5.43 Å². The summed E-state index contributed by atoms with van der Waals surface area (Å²) in [6.45, 7) is 4.98. The average Bonchev–Trinajstić information content (AvgIpc) is 3.08. The van der Waals surface area contributed by atoms with Crippen molar-refractivity contribution in [2.24, 2.45) is 5.10 Å². The molecule has 0 saturated heterocycles. The summed E-state index contributed by atoms with van der Waals surface area (Å²) in [5.41, 5.74) is 4.07. The van der Waals surface area contributed by atoms with Crippen LogP contribution >= 0.6 is 27.5 Å². The third-order valence-electron chi connectivity index (χ3n) is 2.96. The molecule has 0 saturated carbocycles. The van der Waals surface area contributed by atoms with Crippen LogP contribution in [0.15, 0.2) is 28.2 Å². The molecular formula is C13H16BrClN6O. The van der Waals surface area contributed by atoms with E-state index >= 15 is 0 Å². The monoisotopic (exact) mass is 386 g/mol. The smallest absolute Gasteiger partial charge is 0.241 e. The fourth-order valence-electron chi connectivity index (χ4n) is 1.89. The number of carbonyl (C=O) groups excluding carboxylic acids is 1. The Kier molecular flexibility index (Phi) is 5.73. The van der Waals surface area contributed by atoms with Gasteiger partial charge in [-0.3, -0.25) is 14.2 Å². The normalized spacial score (nSPS) is 11.7. The maximum absolute atomic E-state index is 11.8. The van der Waals surface area contributed by atoms with Gasteiger partial charge in [0, 0.05) is 25.7 Å². The van der Waals surface area contributed by atoms with Crippen molar-refractivity contribution < 1.29 is 4.79 Å². The lowest BCUT2D eigenvalue weighted by Gasteiger charge is -2.06. The van der Waals surface area contributed by atoms with E-state index in [0.29, 0.717) is 17.3 Å². The fourth-order valence-corrected chi connectivity index (χ4v) is 2.63. The van der Waals surface area contributed by atoms with Crippen molar-refractivity contribution in [3.05, 3.63) is 33.8 Å². The van der Waals surface area contributed by atoms with Crippen LogP contribution in [-0.4, -0.2) is 31.2 Å². The highest BCUT2D eigenvalue weighted by molar-refractivity contribution is 9.10. The number of carbonyl (C=O) groups is 1. The molecule has 7 nitrogen and oxygen atoms in total. The minimum atomic E-state index is -0.190. The Morgan fingerprint density at radius 1 is 1.45 bits per heavy atom. The van der Waals surface area contributed by atoms with Crippen molar-refractivity contribution in [2.75, 3.05) is 0 Å². The molecule has 2 aromatic rings. The van der Waals surface area contributed by atoms with E-state index in [2.05, 4.69) is 36.7 Å². The summed E-state index contributed by atoms with van der Waals surface area (Å²) >= 11 is 9.19. The fraction of sp³-hybridized carbons (Fsp3) is 0.385. The van der Waals surface area contributed by atoms with E-state index in [-0.39, 0.29) is 12.3 Å². The van der Waals surface area contributed by atoms with Crippen molar-refractivity contribution in [1.29, 1.82) is 0 Å². The van der Waals surface area contributed by atoms with Crippen LogP contribution in [0.4, 0.5) is 0 Å². The van der Waals surface area contributed by atoms with Crippen molar-refractivity contribution in [1.82, 2.24) is 25.0 Å². The zero-order valence-electron chi connectivity index (χ0n) is 12.3. The quantitative estimate of drug-likeness (QED) is 0.611. The predicted octanol–water partition coefficient (Wildman–Crippen LogP) is 2.45. The number of amides is 1. The van der Waals surface area contributed by atoms with Crippen molar-refractivity contribution in [3.8, 4) is 0 Å². The van der Waals surface area contributed by atoms with Crippen molar-refractivity contribution in [2.45, 2.75) is 33.4 Å². The molecule has 0 radical (unpaired) electrons. The third kappa shape index (κ3) is 4.17. The first-order valence-electron chi connectivity index (χ1n) is 6.74. The van der Waals surface area contributed by atoms with Crippen LogP contribution in [-0.2, 0) is 17.9 Å². The zero-order valence-corrected chi connectivity index (χ0v) is 14.6. The molecule has 0 unspecified atom stereocenters. The Labute approximate surface area is 141 Å². The van der Waals surface area contributed by atoms with Gasteiger partial charge in [0.25, 0.3) is 0 Å². The molecule has 0 atom stereocenters. The highest BCUT2D eigenvalue weighted by atomic mass is 79.9. The van der Waals surface area contributed by atoms with Crippen LogP contribution in [0, 0.1) is 0 Å².